The Morgan fingerprint density at radius 2 is 2.10 bits per heavy atom. The molecule has 0 radical (unpaired) electrons. The van der Waals surface area contributed by atoms with Crippen LogP contribution in [-0.4, -0.2) is 7.05 Å². The van der Waals surface area contributed by atoms with Crippen LogP contribution in [0, 0.1) is 0 Å². The number of nitrogens with one attached hydrogen (secondary N) is 1. The summed E-state index contributed by atoms with van der Waals surface area (Å²) in [5.74, 6) is 0. The second-order valence-electron chi connectivity index (χ2n) is 1.46. The van der Waals surface area contributed by atoms with Crippen molar-refractivity contribution >= 4 is 22.0 Å². The Bertz CT molecular complexity index is 172. The Kier molecular flexibility index (Phi) is 4.76. The molecule has 0 aromatic carbocycles. The van der Waals surface area contributed by atoms with Gasteiger partial charge in [-0.05, 0) is 11.4 Å². The third kappa shape index (κ3) is 2.27. The van der Waals surface area contributed by atoms with Crippen LogP contribution in [0.5, 0.6) is 0 Å². The quantitative estimate of drug-likeness (QED) is 0.658. The first-order valence-electron chi connectivity index (χ1n) is 3.35. The Hall–Kier alpha value is -0.700. The van der Waals surface area contributed by atoms with E-state index in [4.69, 9.17) is 5.73 Å². The second kappa shape index (κ2) is 5.11. The van der Waals surface area contributed by atoms with Crippen LogP contribution in [0.1, 0.15) is 13.8 Å². The molecule has 0 bridgehead atoms. The van der Waals surface area contributed by atoms with E-state index < -0.39 is 0 Å². The number of thiophene rings is 1. The predicted molar refractivity (Wildman–Crippen MR) is 49.6 cm³/mol. The molecule has 2 nitrogen and oxygen atoms in total. The lowest BCUT2D eigenvalue weighted by Gasteiger charge is -1.92. The number of nitrogen functional groups attached to an aromatic ring is 1. The Morgan fingerprint density at radius 1 is 1.50 bits per heavy atom. The molecular formula is C7H14N2S. The molecule has 0 amide bonds. The summed E-state index contributed by atoms with van der Waals surface area (Å²) < 4.78 is 0. The van der Waals surface area contributed by atoms with Gasteiger partial charge in [0.2, 0.25) is 0 Å². The molecule has 0 aliphatic carbocycles. The van der Waals surface area contributed by atoms with E-state index in [2.05, 4.69) is 5.32 Å². The first-order valence-corrected chi connectivity index (χ1v) is 4.23. The minimum absolute atomic E-state index is 0.831. The average Bonchev–Trinajstić information content (AvgIpc) is 2.39. The molecule has 1 heterocycles. The average molecular weight is 158 g/mol. The van der Waals surface area contributed by atoms with Crippen LogP contribution in [0.15, 0.2) is 11.4 Å². The number of hydrogen-bond acceptors (Lipinski definition) is 3. The summed E-state index contributed by atoms with van der Waals surface area (Å²) in [6.45, 7) is 4.00. The van der Waals surface area contributed by atoms with E-state index in [9.17, 15) is 0 Å². The van der Waals surface area contributed by atoms with Crippen LogP contribution in [0.4, 0.5) is 10.7 Å². The zero-order chi connectivity index (χ0) is 7.98. The van der Waals surface area contributed by atoms with Crippen LogP contribution in [-0.2, 0) is 0 Å². The third-order valence-corrected chi connectivity index (χ3v) is 1.87. The molecule has 58 valence electrons. The fraction of sp³-hybridized carbons (Fsp3) is 0.429. The van der Waals surface area contributed by atoms with E-state index >= 15 is 0 Å². The van der Waals surface area contributed by atoms with E-state index in [-0.39, 0.29) is 0 Å². The molecule has 0 aliphatic heterocycles. The summed E-state index contributed by atoms with van der Waals surface area (Å²) in [6.07, 6.45) is 0. The Balaban J connectivity index is 0.000000371. The summed E-state index contributed by atoms with van der Waals surface area (Å²) in [6, 6.07) is 1.89. The summed E-state index contributed by atoms with van der Waals surface area (Å²) in [5.41, 5.74) is 6.33. The van der Waals surface area contributed by atoms with Gasteiger partial charge in [-0.2, -0.15) is 0 Å². The van der Waals surface area contributed by atoms with Gasteiger partial charge in [-0.3, -0.25) is 0 Å². The van der Waals surface area contributed by atoms with Crippen molar-refractivity contribution in [3.8, 4) is 0 Å². The van der Waals surface area contributed by atoms with Crippen molar-refractivity contribution in [2.24, 2.45) is 0 Å². The zero-order valence-electron chi connectivity index (χ0n) is 6.64. The molecule has 0 saturated heterocycles. The van der Waals surface area contributed by atoms with Gasteiger partial charge in [-0.1, -0.05) is 13.8 Å². The van der Waals surface area contributed by atoms with E-state index in [1.165, 1.54) is 0 Å². The van der Waals surface area contributed by atoms with Crippen LogP contribution in [0.25, 0.3) is 0 Å². The maximum absolute atomic E-state index is 5.50. The van der Waals surface area contributed by atoms with Gasteiger partial charge in [0.25, 0.3) is 0 Å². The monoisotopic (exact) mass is 158 g/mol. The van der Waals surface area contributed by atoms with Crippen LogP contribution >= 0.6 is 11.3 Å². The predicted octanol–water partition coefficient (Wildman–Crippen LogP) is 2.40. The van der Waals surface area contributed by atoms with Gasteiger partial charge in [0, 0.05) is 7.05 Å². The Labute approximate surface area is 66.1 Å². The molecule has 1 rings (SSSR count). The lowest BCUT2D eigenvalue weighted by Crippen LogP contribution is -1.88. The minimum atomic E-state index is 0.831. The number of nitrogens with two attached hydrogens (primary N) is 1. The highest BCUT2D eigenvalue weighted by Crippen LogP contribution is 2.23. The van der Waals surface area contributed by atoms with Gasteiger partial charge in [0.05, 0.1) is 5.69 Å². The van der Waals surface area contributed by atoms with Crippen molar-refractivity contribution in [1.29, 1.82) is 0 Å². The third-order valence-electron chi connectivity index (χ3n) is 0.923. The maximum atomic E-state index is 5.50. The molecule has 0 unspecified atom stereocenters. The number of rotatable bonds is 1. The smallest absolute Gasteiger partial charge is 0.111 e. The van der Waals surface area contributed by atoms with E-state index in [0.717, 1.165) is 10.7 Å². The minimum Gasteiger partial charge on any atom is -0.396 e. The molecule has 1 aromatic rings. The number of anilines is 2. The van der Waals surface area contributed by atoms with Crippen molar-refractivity contribution < 1.29 is 0 Å². The zero-order valence-corrected chi connectivity index (χ0v) is 7.46. The van der Waals surface area contributed by atoms with Crippen LogP contribution in [0.2, 0.25) is 0 Å². The molecule has 0 spiro atoms. The lowest BCUT2D eigenvalue weighted by atomic mass is 10.5. The molecule has 1 aromatic heterocycles. The largest absolute Gasteiger partial charge is 0.396 e. The fourth-order valence-electron chi connectivity index (χ4n) is 0.522. The molecular weight excluding hydrogens is 144 g/mol. The molecule has 3 heteroatoms. The molecule has 10 heavy (non-hydrogen) atoms. The summed E-state index contributed by atoms with van der Waals surface area (Å²) in [7, 11) is 1.86. The van der Waals surface area contributed by atoms with Crippen molar-refractivity contribution in [2.75, 3.05) is 18.1 Å². The highest BCUT2D eigenvalue weighted by atomic mass is 32.1. The first kappa shape index (κ1) is 9.30. The van der Waals surface area contributed by atoms with Crippen LogP contribution in [0.3, 0.4) is 0 Å². The van der Waals surface area contributed by atoms with Crippen molar-refractivity contribution in [2.45, 2.75) is 13.8 Å². The van der Waals surface area contributed by atoms with Crippen molar-refractivity contribution in [1.82, 2.24) is 0 Å². The number of hydrogen-bond donors (Lipinski definition) is 2. The SMILES string of the molecule is CC.CNc1sccc1N. The summed E-state index contributed by atoms with van der Waals surface area (Å²) in [5, 5.41) is 5.97. The highest BCUT2D eigenvalue weighted by Gasteiger charge is 1.92. The topological polar surface area (TPSA) is 38.0 Å². The molecule has 3 N–H and O–H groups in total. The normalized spacial score (nSPS) is 7.90. The fourth-order valence-corrected chi connectivity index (χ4v) is 1.20. The van der Waals surface area contributed by atoms with Gasteiger partial charge >= 0.3 is 0 Å². The summed E-state index contributed by atoms with van der Waals surface area (Å²) >= 11 is 1.61. The van der Waals surface area contributed by atoms with Crippen molar-refractivity contribution in [3.05, 3.63) is 11.4 Å². The van der Waals surface area contributed by atoms with E-state index in [1.54, 1.807) is 11.3 Å². The van der Waals surface area contributed by atoms with Crippen molar-refractivity contribution in [3.63, 3.8) is 0 Å². The van der Waals surface area contributed by atoms with E-state index in [1.807, 2.05) is 32.3 Å². The molecule has 0 fully saturated rings. The first-order chi connectivity index (χ1) is 4.84. The molecule has 0 atom stereocenters. The van der Waals surface area contributed by atoms with Gasteiger partial charge in [-0.25, -0.2) is 0 Å². The van der Waals surface area contributed by atoms with E-state index in [0.29, 0.717) is 0 Å². The van der Waals surface area contributed by atoms with Gasteiger partial charge in [-0.15, -0.1) is 11.3 Å². The molecule has 0 aliphatic rings. The van der Waals surface area contributed by atoms with Crippen LogP contribution < -0.4 is 11.1 Å². The van der Waals surface area contributed by atoms with Gasteiger partial charge in [0.15, 0.2) is 0 Å². The maximum Gasteiger partial charge on any atom is 0.111 e. The molecule has 0 saturated carbocycles. The summed E-state index contributed by atoms with van der Waals surface area (Å²) in [4.78, 5) is 0. The highest BCUT2D eigenvalue weighted by molar-refractivity contribution is 7.14. The Morgan fingerprint density at radius 3 is 2.30 bits per heavy atom. The lowest BCUT2D eigenvalue weighted by molar-refractivity contribution is 1.50. The van der Waals surface area contributed by atoms with Gasteiger partial charge < -0.3 is 11.1 Å². The second-order valence-corrected chi connectivity index (χ2v) is 2.37. The van der Waals surface area contributed by atoms with Gasteiger partial charge in [0.1, 0.15) is 5.00 Å². The standard InChI is InChI=1S/C5H8N2S.C2H6/c1-7-5-4(6)2-3-8-5;1-2/h2-3,7H,6H2,1H3;1-2H3.